The van der Waals surface area contributed by atoms with Crippen LogP contribution in [0, 0.1) is 13.8 Å². The van der Waals surface area contributed by atoms with E-state index in [0.29, 0.717) is 5.69 Å². The first-order chi connectivity index (χ1) is 7.08. The van der Waals surface area contributed by atoms with Crippen molar-refractivity contribution in [2.45, 2.75) is 13.8 Å². The molecule has 1 aromatic rings. The van der Waals surface area contributed by atoms with Crippen molar-refractivity contribution in [1.29, 1.82) is 0 Å². The van der Waals surface area contributed by atoms with Crippen molar-refractivity contribution in [2.24, 2.45) is 5.84 Å². The molecule has 1 rings (SSSR count). The molecule has 0 spiro atoms. The average molecular weight is 209 g/mol. The zero-order valence-electron chi connectivity index (χ0n) is 9.05. The Hall–Kier alpha value is -1.75. The second kappa shape index (κ2) is 4.65. The Morgan fingerprint density at radius 3 is 2.27 bits per heavy atom. The number of benzene rings is 1. The van der Waals surface area contributed by atoms with Crippen molar-refractivity contribution in [3.63, 3.8) is 0 Å². The Balaban J connectivity index is 2.98. The number of ether oxygens (including phenoxy) is 1. The van der Waals surface area contributed by atoms with Gasteiger partial charge in [0.15, 0.2) is 0 Å². The van der Waals surface area contributed by atoms with E-state index in [9.17, 15) is 4.79 Å². The third-order valence-corrected chi connectivity index (χ3v) is 2.05. The number of rotatable bonds is 2. The van der Waals surface area contributed by atoms with Crippen LogP contribution in [0.15, 0.2) is 12.1 Å². The summed E-state index contributed by atoms with van der Waals surface area (Å²) in [6, 6.07) is 3.20. The van der Waals surface area contributed by atoms with Gasteiger partial charge in [0, 0.05) is 5.69 Å². The van der Waals surface area contributed by atoms with Crippen LogP contribution < -0.4 is 21.3 Å². The molecule has 0 aromatic heterocycles. The summed E-state index contributed by atoms with van der Waals surface area (Å²) in [5.74, 6) is 5.79. The topological polar surface area (TPSA) is 76.4 Å². The van der Waals surface area contributed by atoms with Crippen LogP contribution in [-0.4, -0.2) is 13.1 Å². The maximum absolute atomic E-state index is 11.0. The molecule has 0 saturated heterocycles. The normalized spacial score (nSPS) is 9.60. The highest BCUT2D eigenvalue weighted by atomic mass is 16.5. The Morgan fingerprint density at radius 1 is 1.33 bits per heavy atom. The molecule has 0 atom stereocenters. The van der Waals surface area contributed by atoms with E-state index in [0.717, 1.165) is 16.9 Å². The summed E-state index contributed by atoms with van der Waals surface area (Å²) in [6.45, 7) is 3.83. The van der Waals surface area contributed by atoms with Crippen molar-refractivity contribution in [1.82, 2.24) is 5.43 Å². The van der Waals surface area contributed by atoms with E-state index in [1.807, 2.05) is 31.4 Å². The van der Waals surface area contributed by atoms with E-state index in [2.05, 4.69) is 5.32 Å². The highest BCUT2D eigenvalue weighted by Gasteiger charge is 2.06. The van der Waals surface area contributed by atoms with Gasteiger partial charge in [-0.15, -0.1) is 0 Å². The number of nitrogens with two attached hydrogens (primary N) is 1. The van der Waals surface area contributed by atoms with Crippen LogP contribution in [0.4, 0.5) is 10.5 Å². The number of aryl methyl sites for hydroxylation is 2. The zero-order chi connectivity index (χ0) is 11.4. The lowest BCUT2D eigenvalue weighted by Gasteiger charge is -2.11. The van der Waals surface area contributed by atoms with E-state index in [1.54, 1.807) is 7.11 Å². The molecule has 0 heterocycles. The number of hydrogen-bond donors (Lipinski definition) is 3. The molecule has 2 amide bonds. The van der Waals surface area contributed by atoms with Gasteiger partial charge in [-0.3, -0.25) is 5.43 Å². The Labute approximate surface area is 88.6 Å². The summed E-state index contributed by atoms with van der Waals surface area (Å²) in [7, 11) is 1.62. The Bertz CT molecular complexity index is 354. The minimum absolute atomic E-state index is 0.445. The number of hydrazine groups is 1. The molecule has 0 saturated carbocycles. The molecule has 82 valence electrons. The Morgan fingerprint density at radius 2 is 1.87 bits per heavy atom. The molecule has 5 nitrogen and oxygen atoms in total. The van der Waals surface area contributed by atoms with Crippen molar-refractivity contribution < 1.29 is 9.53 Å². The first-order valence-electron chi connectivity index (χ1n) is 4.51. The van der Waals surface area contributed by atoms with E-state index in [4.69, 9.17) is 10.6 Å². The van der Waals surface area contributed by atoms with Crippen molar-refractivity contribution >= 4 is 11.7 Å². The second-order valence-corrected chi connectivity index (χ2v) is 3.24. The summed E-state index contributed by atoms with van der Waals surface area (Å²) in [5.41, 5.74) is 4.61. The van der Waals surface area contributed by atoms with Gasteiger partial charge in [-0.25, -0.2) is 10.6 Å². The number of urea groups is 1. The van der Waals surface area contributed by atoms with Crippen molar-refractivity contribution in [3.8, 4) is 5.75 Å². The molecular weight excluding hydrogens is 194 g/mol. The fraction of sp³-hybridized carbons (Fsp3) is 0.300. The number of carbonyl (C=O) groups excluding carboxylic acids is 1. The van der Waals surface area contributed by atoms with Crippen LogP contribution in [0.5, 0.6) is 5.75 Å². The van der Waals surface area contributed by atoms with Crippen LogP contribution >= 0.6 is 0 Å². The maximum Gasteiger partial charge on any atom is 0.333 e. The van der Waals surface area contributed by atoms with Crippen LogP contribution in [0.1, 0.15) is 11.1 Å². The predicted molar refractivity (Wildman–Crippen MR) is 58.8 cm³/mol. The largest absolute Gasteiger partial charge is 0.496 e. The molecular formula is C10H15N3O2. The lowest BCUT2D eigenvalue weighted by atomic mass is 10.1. The molecule has 0 aliphatic heterocycles. The second-order valence-electron chi connectivity index (χ2n) is 3.24. The van der Waals surface area contributed by atoms with Gasteiger partial charge in [-0.2, -0.15) is 0 Å². The number of carbonyl (C=O) groups is 1. The molecule has 0 fully saturated rings. The smallest absolute Gasteiger partial charge is 0.333 e. The van der Waals surface area contributed by atoms with Gasteiger partial charge in [0.2, 0.25) is 0 Å². The highest BCUT2D eigenvalue weighted by molar-refractivity contribution is 5.89. The minimum Gasteiger partial charge on any atom is -0.496 e. The quantitative estimate of drug-likeness (QED) is 0.390. The third kappa shape index (κ3) is 2.60. The summed E-state index contributed by atoms with van der Waals surface area (Å²) in [5, 5.41) is 2.59. The van der Waals surface area contributed by atoms with Crippen LogP contribution in [0.25, 0.3) is 0 Å². The van der Waals surface area contributed by atoms with Crippen LogP contribution in [0.3, 0.4) is 0 Å². The summed E-state index contributed by atoms with van der Waals surface area (Å²) < 4.78 is 5.21. The van der Waals surface area contributed by atoms with Gasteiger partial charge < -0.3 is 10.1 Å². The van der Waals surface area contributed by atoms with E-state index in [-0.39, 0.29) is 0 Å². The first kappa shape index (κ1) is 11.3. The van der Waals surface area contributed by atoms with E-state index < -0.39 is 6.03 Å². The molecule has 0 unspecified atom stereocenters. The van der Waals surface area contributed by atoms with Gasteiger partial charge in [-0.1, -0.05) is 0 Å². The molecule has 4 N–H and O–H groups in total. The monoisotopic (exact) mass is 209 g/mol. The summed E-state index contributed by atoms with van der Waals surface area (Å²) in [6.07, 6.45) is 0. The van der Waals surface area contributed by atoms with E-state index in [1.165, 1.54) is 0 Å². The summed E-state index contributed by atoms with van der Waals surface area (Å²) >= 11 is 0. The number of hydrogen-bond acceptors (Lipinski definition) is 3. The average Bonchev–Trinajstić information content (AvgIpc) is 2.17. The van der Waals surface area contributed by atoms with Crippen LogP contribution in [-0.2, 0) is 0 Å². The number of amides is 2. The highest BCUT2D eigenvalue weighted by Crippen LogP contribution is 2.26. The molecule has 0 bridgehead atoms. The fourth-order valence-corrected chi connectivity index (χ4v) is 1.51. The van der Waals surface area contributed by atoms with Crippen molar-refractivity contribution in [3.05, 3.63) is 23.3 Å². The van der Waals surface area contributed by atoms with Gasteiger partial charge in [0.05, 0.1) is 7.11 Å². The summed E-state index contributed by atoms with van der Waals surface area (Å²) in [4.78, 5) is 11.0. The van der Waals surface area contributed by atoms with Gasteiger partial charge in [0.25, 0.3) is 0 Å². The maximum atomic E-state index is 11.0. The molecule has 15 heavy (non-hydrogen) atoms. The minimum atomic E-state index is -0.445. The fourth-order valence-electron chi connectivity index (χ4n) is 1.51. The third-order valence-electron chi connectivity index (χ3n) is 2.05. The van der Waals surface area contributed by atoms with Crippen LogP contribution in [0.2, 0.25) is 0 Å². The molecule has 0 radical (unpaired) electrons. The predicted octanol–water partition coefficient (Wildman–Crippen LogP) is 1.31. The molecule has 5 heteroatoms. The zero-order valence-corrected chi connectivity index (χ0v) is 9.05. The van der Waals surface area contributed by atoms with Crippen molar-refractivity contribution in [2.75, 3.05) is 12.4 Å². The molecule has 0 aliphatic rings. The van der Waals surface area contributed by atoms with Gasteiger partial charge >= 0.3 is 6.03 Å². The number of methoxy groups -OCH3 is 1. The standard InChI is InChI=1S/C10H15N3O2/c1-6-4-8(12-10(14)13-11)5-7(2)9(6)15-3/h4-5H,11H2,1-3H3,(H2,12,13,14). The van der Waals surface area contributed by atoms with E-state index >= 15 is 0 Å². The molecule has 0 aliphatic carbocycles. The van der Waals surface area contributed by atoms with Gasteiger partial charge in [0.1, 0.15) is 5.75 Å². The molecule has 1 aromatic carbocycles. The first-order valence-corrected chi connectivity index (χ1v) is 4.51. The SMILES string of the molecule is COc1c(C)cc(NC(=O)NN)cc1C. The van der Waals surface area contributed by atoms with Gasteiger partial charge in [-0.05, 0) is 37.1 Å². The lowest BCUT2D eigenvalue weighted by Crippen LogP contribution is -2.34. The Kier molecular flexibility index (Phi) is 3.51. The lowest BCUT2D eigenvalue weighted by molar-refractivity contribution is 0.252. The number of nitrogens with one attached hydrogen (secondary N) is 2. The number of anilines is 1.